The van der Waals surface area contributed by atoms with Gasteiger partial charge in [0.15, 0.2) is 0 Å². The summed E-state index contributed by atoms with van der Waals surface area (Å²) in [5.41, 5.74) is 1.86. The fraction of sp³-hybridized carbons (Fsp3) is 0.391. The first-order valence-corrected chi connectivity index (χ1v) is 10.0. The highest BCUT2D eigenvalue weighted by molar-refractivity contribution is 6.39. The van der Waals surface area contributed by atoms with Gasteiger partial charge < -0.3 is 15.4 Å². The van der Waals surface area contributed by atoms with E-state index in [1.165, 1.54) is 5.56 Å². The highest BCUT2D eigenvalue weighted by Gasteiger charge is 2.12. The van der Waals surface area contributed by atoms with Gasteiger partial charge in [-0.25, -0.2) is 0 Å². The Kier molecular flexibility index (Phi) is 9.62. The summed E-state index contributed by atoms with van der Waals surface area (Å²) in [4.78, 5) is 23.9. The van der Waals surface area contributed by atoms with Crippen molar-refractivity contribution in [1.82, 2.24) is 5.32 Å². The standard InChI is InChI=1S/C23H30N2O3/c1-2-3-9-18-28-21-15-13-20(14-16-21)25-23(27)22(26)24-17-8-7-12-19-10-5-4-6-11-19/h4-6,10-11,13-16H,2-3,7-9,12,17-18H2,1H3,(H,24,26)(H,25,27). The molecule has 2 aromatic rings. The molecule has 2 aromatic carbocycles. The zero-order chi connectivity index (χ0) is 20.0. The van der Waals surface area contributed by atoms with Gasteiger partial charge in [0.05, 0.1) is 6.61 Å². The molecule has 0 aliphatic carbocycles. The second-order valence-corrected chi connectivity index (χ2v) is 6.73. The number of hydrogen-bond donors (Lipinski definition) is 2. The summed E-state index contributed by atoms with van der Waals surface area (Å²) >= 11 is 0. The normalized spacial score (nSPS) is 10.3. The lowest BCUT2D eigenvalue weighted by Crippen LogP contribution is -2.35. The molecule has 0 radical (unpaired) electrons. The van der Waals surface area contributed by atoms with Gasteiger partial charge in [-0.3, -0.25) is 9.59 Å². The SMILES string of the molecule is CCCCCOc1ccc(NC(=O)C(=O)NCCCCc2ccccc2)cc1. The third-order valence-corrected chi connectivity index (χ3v) is 4.36. The van der Waals surface area contributed by atoms with Crippen molar-refractivity contribution >= 4 is 17.5 Å². The van der Waals surface area contributed by atoms with Crippen molar-refractivity contribution in [2.45, 2.75) is 45.4 Å². The minimum Gasteiger partial charge on any atom is -0.494 e. The van der Waals surface area contributed by atoms with E-state index in [4.69, 9.17) is 4.74 Å². The summed E-state index contributed by atoms with van der Waals surface area (Å²) in [6, 6.07) is 17.3. The molecule has 0 atom stereocenters. The molecule has 0 heterocycles. The van der Waals surface area contributed by atoms with Crippen LogP contribution >= 0.6 is 0 Å². The monoisotopic (exact) mass is 382 g/mol. The molecule has 0 bridgehead atoms. The molecule has 2 N–H and O–H groups in total. The third-order valence-electron chi connectivity index (χ3n) is 4.36. The van der Waals surface area contributed by atoms with E-state index in [2.05, 4.69) is 29.7 Å². The van der Waals surface area contributed by atoms with Gasteiger partial charge in [0.2, 0.25) is 0 Å². The number of ether oxygens (including phenoxy) is 1. The number of aryl methyl sites for hydroxylation is 1. The van der Waals surface area contributed by atoms with Crippen LogP contribution in [-0.4, -0.2) is 25.0 Å². The molecule has 0 saturated carbocycles. The molecule has 0 fully saturated rings. The first kappa shape index (κ1) is 21.5. The van der Waals surface area contributed by atoms with Crippen LogP contribution < -0.4 is 15.4 Å². The average molecular weight is 383 g/mol. The van der Waals surface area contributed by atoms with Crippen LogP contribution in [0.1, 0.15) is 44.6 Å². The summed E-state index contributed by atoms with van der Waals surface area (Å²) in [5.74, 6) is -0.503. The first-order chi connectivity index (χ1) is 13.7. The molecular formula is C23H30N2O3. The number of amides is 2. The zero-order valence-electron chi connectivity index (χ0n) is 16.6. The number of anilines is 1. The van der Waals surface area contributed by atoms with E-state index in [-0.39, 0.29) is 0 Å². The first-order valence-electron chi connectivity index (χ1n) is 10.0. The molecule has 5 heteroatoms. The molecule has 2 rings (SSSR count). The van der Waals surface area contributed by atoms with Gasteiger partial charge in [0, 0.05) is 12.2 Å². The number of benzene rings is 2. The predicted octanol–water partition coefficient (Wildman–Crippen LogP) is 4.33. The molecule has 0 saturated heterocycles. The lowest BCUT2D eigenvalue weighted by Gasteiger charge is -2.09. The Labute approximate surface area is 167 Å². The van der Waals surface area contributed by atoms with Gasteiger partial charge in [0.25, 0.3) is 0 Å². The van der Waals surface area contributed by atoms with E-state index in [1.54, 1.807) is 24.3 Å². The highest BCUT2D eigenvalue weighted by atomic mass is 16.5. The molecular weight excluding hydrogens is 352 g/mol. The largest absolute Gasteiger partial charge is 0.494 e. The lowest BCUT2D eigenvalue weighted by molar-refractivity contribution is -0.136. The van der Waals surface area contributed by atoms with Crippen LogP contribution in [0, 0.1) is 0 Å². The van der Waals surface area contributed by atoms with Crippen LogP contribution in [-0.2, 0) is 16.0 Å². The maximum absolute atomic E-state index is 12.0. The Morgan fingerprint density at radius 2 is 1.61 bits per heavy atom. The third kappa shape index (κ3) is 8.25. The Hall–Kier alpha value is -2.82. The van der Waals surface area contributed by atoms with E-state index in [1.807, 2.05) is 18.2 Å². The summed E-state index contributed by atoms with van der Waals surface area (Å²) in [6.45, 7) is 3.33. The average Bonchev–Trinajstić information content (AvgIpc) is 2.72. The van der Waals surface area contributed by atoms with Crippen molar-refractivity contribution in [2.24, 2.45) is 0 Å². The molecule has 0 unspecified atom stereocenters. The van der Waals surface area contributed by atoms with Gasteiger partial charge in [-0.05, 0) is 55.5 Å². The smallest absolute Gasteiger partial charge is 0.313 e. The molecule has 0 spiro atoms. The van der Waals surface area contributed by atoms with Crippen LogP contribution in [0.25, 0.3) is 0 Å². The zero-order valence-corrected chi connectivity index (χ0v) is 16.6. The number of carbonyl (C=O) groups is 2. The van der Waals surface area contributed by atoms with E-state index in [0.29, 0.717) is 18.8 Å². The summed E-state index contributed by atoms with van der Waals surface area (Å²) in [7, 11) is 0. The number of rotatable bonds is 11. The van der Waals surface area contributed by atoms with Crippen molar-refractivity contribution in [2.75, 3.05) is 18.5 Å². The van der Waals surface area contributed by atoms with Crippen molar-refractivity contribution < 1.29 is 14.3 Å². The Balaban J connectivity index is 1.62. The van der Waals surface area contributed by atoms with Crippen molar-refractivity contribution in [3.05, 3.63) is 60.2 Å². The van der Waals surface area contributed by atoms with Crippen LogP contribution in [0.4, 0.5) is 5.69 Å². The number of carbonyl (C=O) groups excluding carboxylic acids is 2. The second-order valence-electron chi connectivity index (χ2n) is 6.73. The Bertz CT molecular complexity index is 714. The second kappa shape index (κ2) is 12.5. The van der Waals surface area contributed by atoms with Gasteiger partial charge in [-0.15, -0.1) is 0 Å². The summed E-state index contributed by atoms with van der Waals surface area (Å²) in [6.07, 6.45) is 6.10. The summed E-state index contributed by atoms with van der Waals surface area (Å²) < 4.78 is 5.63. The van der Waals surface area contributed by atoms with Crippen LogP contribution in [0.15, 0.2) is 54.6 Å². The summed E-state index contributed by atoms with van der Waals surface area (Å²) in [5, 5.41) is 5.27. The molecule has 0 aliphatic rings. The quantitative estimate of drug-likeness (QED) is 0.449. The minimum absolute atomic E-state index is 0.490. The van der Waals surface area contributed by atoms with Crippen LogP contribution in [0.2, 0.25) is 0 Å². The minimum atomic E-state index is -0.653. The van der Waals surface area contributed by atoms with Gasteiger partial charge in [0.1, 0.15) is 5.75 Å². The van der Waals surface area contributed by atoms with Gasteiger partial charge in [-0.1, -0.05) is 50.1 Å². The van der Waals surface area contributed by atoms with Crippen molar-refractivity contribution in [1.29, 1.82) is 0 Å². The number of hydrogen-bond acceptors (Lipinski definition) is 3. The van der Waals surface area contributed by atoms with Gasteiger partial charge >= 0.3 is 11.8 Å². The van der Waals surface area contributed by atoms with E-state index >= 15 is 0 Å². The lowest BCUT2D eigenvalue weighted by atomic mass is 10.1. The highest BCUT2D eigenvalue weighted by Crippen LogP contribution is 2.16. The molecule has 5 nitrogen and oxygen atoms in total. The van der Waals surface area contributed by atoms with Crippen LogP contribution in [0.5, 0.6) is 5.75 Å². The fourth-order valence-corrected chi connectivity index (χ4v) is 2.75. The van der Waals surface area contributed by atoms with Crippen molar-refractivity contribution in [3.8, 4) is 5.75 Å². The van der Waals surface area contributed by atoms with E-state index < -0.39 is 11.8 Å². The molecule has 28 heavy (non-hydrogen) atoms. The van der Waals surface area contributed by atoms with Crippen molar-refractivity contribution in [3.63, 3.8) is 0 Å². The Morgan fingerprint density at radius 3 is 2.32 bits per heavy atom. The maximum atomic E-state index is 12.0. The number of nitrogens with one attached hydrogen (secondary N) is 2. The van der Waals surface area contributed by atoms with E-state index in [0.717, 1.165) is 44.3 Å². The Morgan fingerprint density at radius 1 is 0.857 bits per heavy atom. The van der Waals surface area contributed by atoms with Crippen LogP contribution in [0.3, 0.4) is 0 Å². The molecule has 0 aliphatic heterocycles. The predicted molar refractivity (Wildman–Crippen MR) is 112 cm³/mol. The van der Waals surface area contributed by atoms with E-state index in [9.17, 15) is 9.59 Å². The molecule has 150 valence electrons. The topological polar surface area (TPSA) is 67.4 Å². The maximum Gasteiger partial charge on any atom is 0.313 e. The molecule has 2 amide bonds. The number of unbranched alkanes of at least 4 members (excludes halogenated alkanes) is 3. The molecule has 0 aromatic heterocycles. The fourth-order valence-electron chi connectivity index (χ4n) is 2.75. The van der Waals surface area contributed by atoms with Gasteiger partial charge in [-0.2, -0.15) is 0 Å².